The van der Waals surface area contributed by atoms with Gasteiger partial charge in [-0.05, 0) is 17.5 Å². The van der Waals surface area contributed by atoms with Crippen LogP contribution in [0.1, 0.15) is 5.69 Å². The molecule has 0 aliphatic rings. The molecule has 5 nitrogen and oxygen atoms in total. The molecular formula is C11H9N3O2S. The zero-order chi connectivity index (χ0) is 11.5. The zero-order valence-electron chi connectivity index (χ0n) is 8.81. The molecule has 17 heavy (non-hydrogen) atoms. The van der Waals surface area contributed by atoms with Crippen LogP contribution in [0.2, 0.25) is 0 Å². The van der Waals surface area contributed by atoms with E-state index in [0.29, 0.717) is 6.61 Å². The van der Waals surface area contributed by atoms with Gasteiger partial charge in [0.1, 0.15) is 5.69 Å². The van der Waals surface area contributed by atoms with E-state index in [1.165, 1.54) is 4.85 Å². The van der Waals surface area contributed by atoms with Crippen LogP contribution in [0, 0.1) is 0 Å². The van der Waals surface area contributed by atoms with E-state index < -0.39 is 0 Å². The predicted octanol–water partition coefficient (Wildman–Crippen LogP) is 2.23. The first kappa shape index (κ1) is 10.1. The maximum absolute atomic E-state index is 5.35. The molecule has 0 fully saturated rings. The number of thiophene rings is 1. The van der Waals surface area contributed by atoms with E-state index in [2.05, 4.69) is 10.3 Å². The SMILES string of the molecule is c1csc(-c2cc(COn3cccn3)no2)c1. The number of hydrogen-bond donors (Lipinski definition) is 0. The largest absolute Gasteiger partial charge is 0.390 e. The first-order valence-corrected chi connectivity index (χ1v) is 5.92. The van der Waals surface area contributed by atoms with Crippen LogP contribution in [-0.4, -0.2) is 15.1 Å². The summed E-state index contributed by atoms with van der Waals surface area (Å²) in [6, 6.07) is 7.63. The summed E-state index contributed by atoms with van der Waals surface area (Å²) >= 11 is 1.61. The third-order valence-corrected chi connectivity index (χ3v) is 3.03. The standard InChI is InChI=1S/C11H9N3O2S/c1-3-11(17-6-1)10-7-9(13-16-10)8-15-14-5-2-4-12-14/h1-7H,8H2. The van der Waals surface area contributed by atoms with Crippen molar-refractivity contribution in [2.75, 3.05) is 0 Å². The van der Waals surface area contributed by atoms with Crippen molar-refractivity contribution in [1.82, 2.24) is 15.1 Å². The maximum atomic E-state index is 5.35. The van der Waals surface area contributed by atoms with Crippen LogP contribution in [-0.2, 0) is 6.61 Å². The van der Waals surface area contributed by atoms with E-state index in [9.17, 15) is 0 Å². The molecule has 0 saturated heterocycles. The third kappa shape index (κ3) is 2.21. The predicted molar refractivity (Wildman–Crippen MR) is 62.3 cm³/mol. The topological polar surface area (TPSA) is 53.1 Å². The van der Waals surface area contributed by atoms with Crippen molar-refractivity contribution in [3.05, 3.63) is 47.7 Å². The summed E-state index contributed by atoms with van der Waals surface area (Å²) in [5, 5.41) is 9.86. The van der Waals surface area contributed by atoms with Crippen molar-refractivity contribution in [1.29, 1.82) is 0 Å². The Balaban J connectivity index is 1.69. The molecule has 86 valence electrons. The molecule has 0 N–H and O–H groups in total. The van der Waals surface area contributed by atoms with Gasteiger partial charge in [-0.25, -0.2) is 0 Å². The quantitative estimate of drug-likeness (QED) is 0.709. The first-order chi connectivity index (χ1) is 8.42. The van der Waals surface area contributed by atoms with Gasteiger partial charge < -0.3 is 9.36 Å². The fourth-order valence-electron chi connectivity index (χ4n) is 1.38. The Hall–Kier alpha value is -2.08. The van der Waals surface area contributed by atoms with Crippen molar-refractivity contribution in [3.8, 4) is 10.6 Å². The van der Waals surface area contributed by atoms with E-state index in [-0.39, 0.29) is 0 Å². The normalized spacial score (nSPS) is 10.6. The number of hydrogen-bond acceptors (Lipinski definition) is 5. The molecule has 3 rings (SSSR count). The molecule has 0 unspecified atom stereocenters. The Morgan fingerprint density at radius 2 is 2.41 bits per heavy atom. The molecule has 0 saturated carbocycles. The minimum atomic E-state index is 0.330. The second-order valence-electron chi connectivity index (χ2n) is 3.34. The molecule has 3 aromatic rings. The lowest BCUT2D eigenvalue weighted by molar-refractivity contribution is 0.0665. The van der Waals surface area contributed by atoms with Crippen molar-refractivity contribution in [2.45, 2.75) is 6.61 Å². The third-order valence-electron chi connectivity index (χ3n) is 2.15. The Bertz CT molecular complexity index is 572. The molecule has 0 amide bonds. The summed E-state index contributed by atoms with van der Waals surface area (Å²) in [5.41, 5.74) is 0.740. The molecular weight excluding hydrogens is 238 g/mol. The van der Waals surface area contributed by atoms with Crippen LogP contribution >= 0.6 is 11.3 Å². The van der Waals surface area contributed by atoms with Gasteiger partial charge in [-0.3, -0.25) is 0 Å². The second-order valence-corrected chi connectivity index (χ2v) is 4.29. The van der Waals surface area contributed by atoms with Crippen LogP contribution in [0.25, 0.3) is 10.6 Å². The van der Waals surface area contributed by atoms with Crippen molar-refractivity contribution >= 4 is 11.3 Å². The fraction of sp³-hybridized carbons (Fsp3) is 0.0909. The van der Waals surface area contributed by atoms with Crippen LogP contribution in [0.15, 0.2) is 46.6 Å². The summed E-state index contributed by atoms with van der Waals surface area (Å²) in [4.78, 5) is 7.80. The van der Waals surface area contributed by atoms with E-state index in [1.54, 1.807) is 29.8 Å². The first-order valence-electron chi connectivity index (χ1n) is 5.04. The number of aromatic nitrogens is 3. The van der Waals surface area contributed by atoms with Crippen LogP contribution in [0.3, 0.4) is 0 Å². The number of rotatable bonds is 4. The lowest BCUT2D eigenvalue weighted by Gasteiger charge is -2.00. The average Bonchev–Trinajstić information content (AvgIpc) is 3.09. The van der Waals surface area contributed by atoms with E-state index in [0.717, 1.165) is 16.3 Å². The van der Waals surface area contributed by atoms with Gasteiger partial charge in [0.15, 0.2) is 12.4 Å². The highest BCUT2D eigenvalue weighted by Gasteiger charge is 2.07. The highest BCUT2D eigenvalue weighted by atomic mass is 32.1. The monoisotopic (exact) mass is 247 g/mol. The van der Waals surface area contributed by atoms with Crippen LogP contribution < -0.4 is 4.84 Å². The van der Waals surface area contributed by atoms with E-state index in [4.69, 9.17) is 9.36 Å². The summed E-state index contributed by atoms with van der Waals surface area (Å²) < 4.78 is 5.23. The molecule has 0 atom stereocenters. The van der Waals surface area contributed by atoms with Gasteiger partial charge in [0.05, 0.1) is 17.3 Å². The Kier molecular flexibility index (Phi) is 2.63. The van der Waals surface area contributed by atoms with Crippen molar-refractivity contribution in [3.63, 3.8) is 0 Å². The Labute approximate surface area is 101 Å². The molecule has 6 heteroatoms. The Morgan fingerprint density at radius 1 is 1.41 bits per heavy atom. The van der Waals surface area contributed by atoms with Crippen LogP contribution in [0.4, 0.5) is 0 Å². The minimum Gasteiger partial charge on any atom is -0.390 e. The molecule has 0 aliphatic heterocycles. The summed E-state index contributed by atoms with van der Waals surface area (Å²) in [5.74, 6) is 0.763. The smallest absolute Gasteiger partial charge is 0.177 e. The van der Waals surface area contributed by atoms with Gasteiger partial charge in [0, 0.05) is 6.07 Å². The van der Waals surface area contributed by atoms with Gasteiger partial charge in [-0.15, -0.1) is 21.3 Å². The lowest BCUT2D eigenvalue weighted by atomic mass is 10.3. The molecule has 3 heterocycles. The van der Waals surface area contributed by atoms with Gasteiger partial charge in [-0.1, -0.05) is 11.2 Å². The molecule has 0 bridgehead atoms. The average molecular weight is 247 g/mol. The van der Waals surface area contributed by atoms with Gasteiger partial charge in [-0.2, -0.15) is 0 Å². The van der Waals surface area contributed by atoms with Crippen molar-refractivity contribution in [2.24, 2.45) is 0 Å². The maximum Gasteiger partial charge on any atom is 0.177 e. The van der Waals surface area contributed by atoms with Gasteiger partial charge in [0.25, 0.3) is 0 Å². The Morgan fingerprint density at radius 3 is 3.18 bits per heavy atom. The highest BCUT2D eigenvalue weighted by Crippen LogP contribution is 2.24. The van der Waals surface area contributed by atoms with E-state index >= 15 is 0 Å². The summed E-state index contributed by atoms with van der Waals surface area (Å²) in [6.45, 7) is 0.330. The molecule has 0 spiro atoms. The number of nitrogens with zero attached hydrogens (tertiary/aromatic N) is 3. The van der Waals surface area contributed by atoms with Crippen LogP contribution in [0.5, 0.6) is 0 Å². The molecule has 0 aromatic carbocycles. The lowest BCUT2D eigenvalue weighted by Crippen LogP contribution is -2.11. The zero-order valence-corrected chi connectivity index (χ0v) is 9.63. The summed E-state index contributed by atoms with van der Waals surface area (Å²) in [6.07, 6.45) is 3.38. The molecule has 0 aliphatic carbocycles. The van der Waals surface area contributed by atoms with Crippen molar-refractivity contribution < 1.29 is 9.36 Å². The van der Waals surface area contributed by atoms with E-state index in [1.807, 2.05) is 23.6 Å². The highest BCUT2D eigenvalue weighted by molar-refractivity contribution is 7.13. The summed E-state index contributed by atoms with van der Waals surface area (Å²) in [7, 11) is 0. The van der Waals surface area contributed by atoms with Gasteiger partial charge >= 0.3 is 0 Å². The molecule has 0 radical (unpaired) electrons. The minimum absolute atomic E-state index is 0.330. The molecule has 3 aromatic heterocycles. The van der Waals surface area contributed by atoms with Gasteiger partial charge in [0.2, 0.25) is 0 Å². The fourth-order valence-corrected chi connectivity index (χ4v) is 2.05. The second kappa shape index (κ2) is 4.42.